The second kappa shape index (κ2) is 6.16. The van der Waals surface area contributed by atoms with Gasteiger partial charge in [0.1, 0.15) is 0 Å². The first-order valence-corrected chi connectivity index (χ1v) is 6.71. The molecule has 1 aromatic heterocycles. The van der Waals surface area contributed by atoms with E-state index < -0.39 is 0 Å². The van der Waals surface area contributed by atoms with Crippen LogP contribution in [0.25, 0.3) is 0 Å². The number of rotatable bonds is 4. The molecule has 100 valence electrons. The van der Waals surface area contributed by atoms with Gasteiger partial charge in [0.2, 0.25) is 0 Å². The monoisotopic (exact) mass is 248 g/mol. The van der Waals surface area contributed by atoms with E-state index in [0.29, 0.717) is 6.04 Å². The Kier molecular flexibility index (Phi) is 4.55. The molecule has 2 rings (SSSR count). The van der Waals surface area contributed by atoms with Crippen LogP contribution in [0.1, 0.15) is 18.5 Å². The minimum absolute atomic E-state index is 0.658. The van der Waals surface area contributed by atoms with Gasteiger partial charge in [-0.05, 0) is 52.2 Å². The van der Waals surface area contributed by atoms with Crippen LogP contribution in [0.5, 0.6) is 0 Å². The molecule has 2 heterocycles. The van der Waals surface area contributed by atoms with Crippen molar-refractivity contribution in [3.8, 4) is 0 Å². The fourth-order valence-electron chi connectivity index (χ4n) is 2.56. The van der Waals surface area contributed by atoms with Crippen LogP contribution in [-0.4, -0.2) is 50.2 Å². The lowest BCUT2D eigenvalue weighted by Gasteiger charge is -2.36. The second-order valence-corrected chi connectivity index (χ2v) is 5.18. The summed E-state index contributed by atoms with van der Waals surface area (Å²) >= 11 is 0. The molecule has 1 fully saturated rings. The first-order valence-electron chi connectivity index (χ1n) is 6.71. The van der Waals surface area contributed by atoms with Crippen molar-refractivity contribution in [1.82, 2.24) is 15.2 Å². The smallest absolute Gasteiger partial charge is 0.0562 e. The van der Waals surface area contributed by atoms with Crippen LogP contribution in [-0.2, 0) is 6.54 Å². The van der Waals surface area contributed by atoms with Gasteiger partial charge in [0.15, 0.2) is 0 Å². The van der Waals surface area contributed by atoms with Crippen LogP contribution in [0.15, 0.2) is 18.3 Å². The Morgan fingerprint density at radius 1 is 1.44 bits per heavy atom. The SMILES string of the molecule is CNCc1cc(N(C)C2CCN(C)CC2)ccn1. The molecule has 1 saturated heterocycles. The molecule has 0 aliphatic carbocycles. The Balaban J connectivity index is 2.03. The average molecular weight is 248 g/mol. The van der Waals surface area contributed by atoms with E-state index in [1.165, 1.54) is 31.6 Å². The van der Waals surface area contributed by atoms with Gasteiger partial charge in [-0.15, -0.1) is 0 Å². The number of piperidine rings is 1. The van der Waals surface area contributed by atoms with Crippen LogP contribution < -0.4 is 10.2 Å². The van der Waals surface area contributed by atoms with Gasteiger partial charge in [-0.3, -0.25) is 4.98 Å². The van der Waals surface area contributed by atoms with Gasteiger partial charge in [0.25, 0.3) is 0 Å². The Morgan fingerprint density at radius 3 is 2.83 bits per heavy atom. The highest BCUT2D eigenvalue weighted by atomic mass is 15.2. The van der Waals surface area contributed by atoms with E-state index in [1.54, 1.807) is 0 Å². The average Bonchev–Trinajstić information content (AvgIpc) is 2.39. The quantitative estimate of drug-likeness (QED) is 0.871. The molecule has 0 atom stereocenters. The highest BCUT2D eigenvalue weighted by Crippen LogP contribution is 2.21. The lowest BCUT2D eigenvalue weighted by Crippen LogP contribution is -2.42. The van der Waals surface area contributed by atoms with Crippen molar-refractivity contribution in [2.75, 3.05) is 39.1 Å². The molecular formula is C14H24N4. The predicted molar refractivity (Wildman–Crippen MR) is 75.9 cm³/mol. The minimum atomic E-state index is 0.658. The Bertz CT molecular complexity index is 372. The van der Waals surface area contributed by atoms with Crippen molar-refractivity contribution in [3.63, 3.8) is 0 Å². The van der Waals surface area contributed by atoms with Crippen LogP contribution in [0, 0.1) is 0 Å². The molecule has 0 radical (unpaired) electrons. The van der Waals surface area contributed by atoms with E-state index in [1.807, 2.05) is 13.2 Å². The summed E-state index contributed by atoms with van der Waals surface area (Å²) < 4.78 is 0. The lowest BCUT2D eigenvalue weighted by molar-refractivity contribution is 0.253. The fraction of sp³-hybridized carbons (Fsp3) is 0.643. The zero-order valence-electron chi connectivity index (χ0n) is 11.7. The fourth-order valence-corrected chi connectivity index (χ4v) is 2.56. The molecule has 1 aliphatic rings. The van der Waals surface area contributed by atoms with Crippen molar-refractivity contribution in [1.29, 1.82) is 0 Å². The summed E-state index contributed by atoms with van der Waals surface area (Å²) in [5.41, 5.74) is 2.39. The van der Waals surface area contributed by atoms with E-state index in [-0.39, 0.29) is 0 Å². The summed E-state index contributed by atoms with van der Waals surface area (Å²) in [7, 11) is 6.36. The van der Waals surface area contributed by atoms with Gasteiger partial charge in [0, 0.05) is 31.5 Å². The molecule has 4 nitrogen and oxygen atoms in total. The molecule has 4 heteroatoms. The van der Waals surface area contributed by atoms with Gasteiger partial charge in [-0.25, -0.2) is 0 Å². The standard InChI is InChI=1S/C14H24N4/c1-15-11-12-10-14(4-7-16-12)18(3)13-5-8-17(2)9-6-13/h4,7,10,13,15H,5-6,8-9,11H2,1-3H3. The third-order valence-electron chi connectivity index (χ3n) is 3.80. The van der Waals surface area contributed by atoms with Gasteiger partial charge >= 0.3 is 0 Å². The van der Waals surface area contributed by atoms with E-state index >= 15 is 0 Å². The minimum Gasteiger partial charge on any atom is -0.371 e. The number of pyridine rings is 1. The lowest BCUT2D eigenvalue weighted by atomic mass is 10.0. The first-order chi connectivity index (χ1) is 8.70. The largest absolute Gasteiger partial charge is 0.371 e. The van der Waals surface area contributed by atoms with Crippen molar-refractivity contribution < 1.29 is 0 Å². The van der Waals surface area contributed by atoms with Gasteiger partial charge < -0.3 is 15.1 Å². The second-order valence-electron chi connectivity index (χ2n) is 5.18. The number of anilines is 1. The highest BCUT2D eigenvalue weighted by Gasteiger charge is 2.20. The third-order valence-corrected chi connectivity index (χ3v) is 3.80. The first kappa shape index (κ1) is 13.3. The molecule has 18 heavy (non-hydrogen) atoms. The summed E-state index contributed by atoms with van der Waals surface area (Å²) in [5, 5.41) is 3.15. The van der Waals surface area contributed by atoms with Gasteiger partial charge in [-0.2, -0.15) is 0 Å². The number of likely N-dealkylation sites (tertiary alicyclic amines) is 1. The van der Waals surface area contributed by atoms with Crippen LogP contribution in [0.4, 0.5) is 5.69 Å². The summed E-state index contributed by atoms with van der Waals surface area (Å²) in [6.45, 7) is 3.22. The third kappa shape index (κ3) is 3.21. The van der Waals surface area contributed by atoms with Crippen molar-refractivity contribution in [2.24, 2.45) is 0 Å². The predicted octanol–water partition coefficient (Wildman–Crippen LogP) is 1.33. The Labute approximate surface area is 110 Å². The molecular weight excluding hydrogens is 224 g/mol. The maximum absolute atomic E-state index is 4.37. The zero-order chi connectivity index (χ0) is 13.0. The molecule has 1 aromatic rings. The van der Waals surface area contributed by atoms with Crippen molar-refractivity contribution >= 4 is 5.69 Å². The van der Waals surface area contributed by atoms with Crippen molar-refractivity contribution in [3.05, 3.63) is 24.0 Å². The Morgan fingerprint density at radius 2 is 2.17 bits per heavy atom. The van der Waals surface area contributed by atoms with E-state index in [0.717, 1.165) is 12.2 Å². The van der Waals surface area contributed by atoms with Gasteiger partial charge in [0.05, 0.1) is 5.69 Å². The molecule has 0 bridgehead atoms. The zero-order valence-corrected chi connectivity index (χ0v) is 11.7. The number of nitrogens with zero attached hydrogens (tertiary/aromatic N) is 3. The molecule has 0 spiro atoms. The highest BCUT2D eigenvalue weighted by molar-refractivity contribution is 5.46. The maximum atomic E-state index is 4.37. The topological polar surface area (TPSA) is 31.4 Å². The molecule has 1 N–H and O–H groups in total. The molecule has 0 amide bonds. The normalized spacial score (nSPS) is 17.9. The summed E-state index contributed by atoms with van der Waals surface area (Å²) in [4.78, 5) is 9.19. The molecule has 0 unspecified atom stereocenters. The number of aromatic nitrogens is 1. The molecule has 0 saturated carbocycles. The summed E-state index contributed by atoms with van der Waals surface area (Å²) in [6, 6.07) is 4.96. The van der Waals surface area contributed by atoms with E-state index in [2.05, 4.69) is 46.3 Å². The van der Waals surface area contributed by atoms with E-state index in [9.17, 15) is 0 Å². The number of hydrogen-bond acceptors (Lipinski definition) is 4. The summed E-state index contributed by atoms with van der Waals surface area (Å²) in [6.07, 6.45) is 4.40. The van der Waals surface area contributed by atoms with Crippen molar-refractivity contribution in [2.45, 2.75) is 25.4 Å². The number of hydrogen-bond donors (Lipinski definition) is 1. The van der Waals surface area contributed by atoms with Gasteiger partial charge in [-0.1, -0.05) is 0 Å². The number of nitrogens with one attached hydrogen (secondary N) is 1. The Hall–Kier alpha value is -1.13. The van der Waals surface area contributed by atoms with E-state index in [4.69, 9.17) is 0 Å². The van der Waals surface area contributed by atoms with Crippen LogP contribution >= 0.6 is 0 Å². The summed E-state index contributed by atoms with van der Waals surface area (Å²) in [5.74, 6) is 0. The molecule has 1 aliphatic heterocycles. The van der Waals surface area contributed by atoms with Crippen LogP contribution in [0.3, 0.4) is 0 Å². The van der Waals surface area contributed by atoms with Crippen LogP contribution in [0.2, 0.25) is 0 Å². The molecule has 0 aromatic carbocycles. The maximum Gasteiger partial charge on any atom is 0.0562 e.